The smallest absolute Gasteiger partial charge is 0.349 e. The number of hydrogen-bond donors (Lipinski definition) is 0. The second-order valence-electron chi connectivity index (χ2n) is 6.16. The van der Waals surface area contributed by atoms with E-state index in [9.17, 15) is 18.0 Å². The third-order valence-corrected chi connectivity index (χ3v) is 5.99. The molecule has 2 aromatic carbocycles. The fraction of sp³-hybridized carbons (Fsp3) is 0.200. The maximum atomic E-state index is 12.7. The highest BCUT2D eigenvalue weighted by Gasteiger charge is 2.22. The number of methoxy groups -OCH3 is 1. The van der Waals surface area contributed by atoms with Crippen LogP contribution in [0.15, 0.2) is 76.7 Å². The zero-order valence-electron chi connectivity index (χ0n) is 15.3. The van der Waals surface area contributed by atoms with Gasteiger partial charge in [0.1, 0.15) is 5.75 Å². The van der Waals surface area contributed by atoms with E-state index in [0.29, 0.717) is 22.6 Å². The summed E-state index contributed by atoms with van der Waals surface area (Å²) in [5, 5.41) is 0. The van der Waals surface area contributed by atoms with Crippen molar-refractivity contribution in [3.8, 4) is 5.75 Å². The van der Waals surface area contributed by atoms with Gasteiger partial charge in [0, 0.05) is 18.8 Å². The summed E-state index contributed by atoms with van der Waals surface area (Å²) in [6, 6.07) is 15.4. The summed E-state index contributed by atoms with van der Waals surface area (Å²) in [4.78, 5) is 24.8. The maximum Gasteiger partial charge on any atom is 0.349 e. The lowest BCUT2D eigenvalue weighted by atomic mass is 10.1. The normalized spacial score (nSPS) is 11.3. The molecule has 0 radical (unpaired) electrons. The third-order valence-electron chi connectivity index (χ3n) is 4.33. The van der Waals surface area contributed by atoms with Gasteiger partial charge in [0.15, 0.2) is 0 Å². The lowest BCUT2D eigenvalue weighted by Gasteiger charge is -2.06. The highest BCUT2D eigenvalue weighted by molar-refractivity contribution is 7.90. The summed E-state index contributed by atoms with van der Waals surface area (Å²) in [6.45, 7) is 0. The molecule has 0 bridgehead atoms. The molecule has 0 aliphatic carbocycles. The van der Waals surface area contributed by atoms with Crippen LogP contribution in [0.2, 0.25) is 0 Å². The molecule has 0 fully saturated rings. The average molecular weight is 400 g/mol. The van der Waals surface area contributed by atoms with E-state index in [-0.39, 0.29) is 11.3 Å². The largest absolute Gasteiger partial charge is 0.497 e. The Labute approximate surface area is 162 Å². The van der Waals surface area contributed by atoms with E-state index in [1.54, 1.807) is 0 Å². The van der Waals surface area contributed by atoms with Crippen LogP contribution in [-0.4, -0.2) is 30.0 Å². The molecular weight excluding hydrogens is 380 g/mol. The Kier molecular flexibility index (Phi) is 5.79. The van der Waals surface area contributed by atoms with Crippen molar-refractivity contribution < 1.29 is 17.9 Å². The molecule has 0 aliphatic rings. The summed E-state index contributed by atoms with van der Waals surface area (Å²) in [7, 11) is -2.63. The van der Waals surface area contributed by atoms with Crippen molar-refractivity contribution in [1.82, 2.24) is 8.54 Å². The van der Waals surface area contributed by atoms with E-state index in [2.05, 4.69) is 0 Å². The van der Waals surface area contributed by atoms with Crippen molar-refractivity contribution in [2.24, 2.45) is 0 Å². The number of rotatable bonds is 7. The fourth-order valence-electron chi connectivity index (χ4n) is 2.80. The first kappa shape index (κ1) is 19.6. The molecule has 0 atom stereocenters. The predicted octanol–water partition coefficient (Wildman–Crippen LogP) is 2.56. The van der Waals surface area contributed by atoms with Gasteiger partial charge >= 0.3 is 5.69 Å². The highest BCUT2D eigenvalue weighted by Crippen LogP contribution is 2.17. The van der Waals surface area contributed by atoms with Crippen LogP contribution in [0.5, 0.6) is 5.75 Å². The molecule has 1 aromatic heterocycles. The van der Waals surface area contributed by atoms with Crippen molar-refractivity contribution in [2.45, 2.75) is 24.2 Å². The summed E-state index contributed by atoms with van der Waals surface area (Å²) >= 11 is 0. The molecule has 8 heteroatoms. The van der Waals surface area contributed by atoms with Crippen molar-refractivity contribution in [1.29, 1.82) is 0 Å². The Morgan fingerprint density at radius 2 is 1.68 bits per heavy atom. The van der Waals surface area contributed by atoms with Crippen molar-refractivity contribution in [2.75, 3.05) is 7.11 Å². The molecule has 3 rings (SSSR count). The Morgan fingerprint density at radius 1 is 1.00 bits per heavy atom. The van der Waals surface area contributed by atoms with Gasteiger partial charge in [-0.05, 0) is 42.7 Å². The first-order valence-electron chi connectivity index (χ1n) is 8.70. The molecule has 0 aliphatic heterocycles. The quantitative estimate of drug-likeness (QED) is 0.608. The zero-order chi connectivity index (χ0) is 20.1. The number of nitrogens with zero attached hydrogens (tertiary/aromatic N) is 2. The van der Waals surface area contributed by atoms with Crippen LogP contribution in [0.4, 0.5) is 0 Å². The number of carbonyl (C=O) groups is 1. The number of imidazole rings is 1. The van der Waals surface area contributed by atoms with Crippen molar-refractivity contribution in [3.05, 3.63) is 83.0 Å². The van der Waals surface area contributed by atoms with E-state index in [4.69, 9.17) is 4.74 Å². The van der Waals surface area contributed by atoms with Crippen LogP contribution < -0.4 is 10.4 Å². The lowest BCUT2D eigenvalue weighted by molar-refractivity contribution is 0.0896. The van der Waals surface area contributed by atoms with E-state index >= 15 is 0 Å². The predicted molar refractivity (Wildman–Crippen MR) is 104 cm³/mol. The minimum Gasteiger partial charge on any atom is -0.497 e. The van der Waals surface area contributed by atoms with Crippen LogP contribution in [0, 0.1) is 0 Å². The highest BCUT2D eigenvalue weighted by atomic mass is 32.2. The molecule has 0 spiro atoms. The van der Waals surface area contributed by atoms with Gasteiger partial charge in [-0.3, -0.25) is 4.79 Å². The number of carbonyl (C=O) groups excluding carboxylic acids is 1. The minimum atomic E-state index is -4.10. The van der Waals surface area contributed by atoms with E-state index in [1.165, 1.54) is 37.6 Å². The topological polar surface area (TPSA) is 87.4 Å². The second kappa shape index (κ2) is 8.26. The average Bonchev–Trinajstić information content (AvgIpc) is 3.11. The molecule has 0 N–H and O–H groups in total. The minimum absolute atomic E-state index is 0.0651. The zero-order valence-corrected chi connectivity index (χ0v) is 16.1. The molecule has 0 saturated heterocycles. The number of benzene rings is 2. The van der Waals surface area contributed by atoms with E-state index < -0.39 is 21.6 Å². The molecule has 1 heterocycles. The molecule has 28 heavy (non-hydrogen) atoms. The van der Waals surface area contributed by atoms with Gasteiger partial charge in [0.2, 0.25) is 5.91 Å². The van der Waals surface area contributed by atoms with Gasteiger partial charge in [-0.15, -0.1) is 0 Å². The first-order valence-corrected chi connectivity index (χ1v) is 10.1. The molecule has 0 unspecified atom stereocenters. The maximum absolute atomic E-state index is 12.7. The Hall–Kier alpha value is -3.13. The second-order valence-corrected chi connectivity index (χ2v) is 7.97. The lowest BCUT2D eigenvalue weighted by Crippen LogP contribution is -2.32. The summed E-state index contributed by atoms with van der Waals surface area (Å²) in [5.74, 6) is 0.0575. The van der Waals surface area contributed by atoms with Gasteiger partial charge in [-0.2, -0.15) is 3.97 Å². The van der Waals surface area contributed by atoms with Gasteiger partial charge in [0.25, 0.3) is 10.0 Å². The fourth-order valence-corrected chi connectivity index (χ4v) is 4.02. The third kappa shape index (κ3) is 4.07. The molecule has 3 aromatic rings. The monoisotopic (exact) mass is 400 g/mol. The number of aromatic nitrogens is 2. The van der Waals surface area contributed by atoms with Gasteiger partial charge in [-0.25, -0.2) is 17.8 Å². The van der Waals surface area contributed by atoms with Crippen LogP contribution >= 0.6 is 0 Å². The van der Waals surface area contributed by atoms with Gasteiger partial charge < -0.3 is 4.74 Å². The standard InChI is InChI=1S/C20H20N2O5S/c1-27-17-10-12-18(13-11-17)28(25,26)22-15-14-21(20(22)24)19(23)9-5-8-16-6-3-2-4-7-16/h2-4,6-7,10-15H,5,8-9H2,1H3. The summed E-state index contributed by atoms with van der Waals surface area (Å²) in [6.07, 6.45) is 3.69. The van der Waals surface area contributed by atoms with Gasteiger partial charge in [-0.1, -0.05) is 30.3 Å². The van der Waals surface area contributed by atoms with Crippen LogP contribution in [0.25, 0.3) is 0 Å². The van der Waals surface area contributed by atoms with Gasteiger partial charge in [0.05, 0.1) is 12.0 Å². The molecule has 146 valence electrons. The molecular formula is C20H20N2O5S. The summed E-state index contributed by atoms with van der Waals surface area (Å²) < 4.78 is 31.8. The SMILES string of the molecule is COc1ccc(S(=O)(=O)n2ccn(C(=O)CCCc3ccccc3)c2=O)cc1. The van der Waals surface area contributed by atoms with E-state index in [1.807, 2.05) is 30.3 Å². The number of ether oxygens (including phenoxy) is 1. The Bertz CT molecular complexity index is 1110. The van der Waals surface area contributed by atoms with Crippen LogP contribution in [-0.2, 0) is 16.4 Å². The first-order chi connectivity index (χ1) is 13.4. The number of aryl methyl sites for hydroxylation is 1. The molecule has 7 nitrogen and oxygen atoms in total. The van der Waals surface area contributed by atoms with Crippen molar-refractivity contribution >= 4 is 15.9 Å². The van der Waals surface area contributed by atoms with Crippen LogP contribution in [0.3, 0.4) is 0 Å². The number of hydrogen-bond acceptors (Lipinski definition) is 5. The molecule has 0 amide bonds. The molecule has 0 saturated carbocycles. The van der Waals surface area contributed by atoms with E-state index in [0.717, 1.165) is 16.3 Å². The van der Waals surface area contributed by atoms with Crippen molar-refractivity contribution in [3.63, 3.8) is 0 Å². The Morgan fingerprint density at radius 3 is 2.32 bits per heavy atom. The summed E-state index contributed by atoms with van der Waals surface area (Å²) in [5.41, 5.74) is 0.197. The Balaban J connectivity index is 1.75. The van der Waals surface area contributed by atoms with Crippen LogP contribution in [0.1, 0.15) is 23.2 Å².